The van der Waals surface area contributed by atoms with E-state index >= 15 is 0 Å². The number of hydrogen-bond acceptors (Lipinski definition) is 8. The van der Waals surface area contributed by atoms with Gasteiger partial charge in [-0.05, 0) is 43.4 Å². The second kappa shape index (κ2) is 7.94. The van der Waals surface area contributed by atoms with Gasteiger partial charge >= 0.3 is 0 Å². The van der Waals surface area contributed by atoms with Crippen molar-refractivity contribution in [3.8, 4) is 5.75 Å². The highest BCUT2D eigenvalue weighted by Gasteiger charge is 2.47. The summed E-state index contributed by atoms with van der Waals surface area (Å²) in [5.41, 5.74) is 2.96. The van der Waals surface area contributed by atoms with E-state index in [-0.39, 0.29) is 12.4 Å². The summed E-state index contributed by atoms with van der Waals surface area (Å²) in [5.74, 6) is 0.361. The van der Waals surface area contributed by atoms with Crippen LogP contribution in [0.5, 0.6) is 5.75 Å². The zero-order valence-electron chi connectivity index (χ0n) is 17.2. The van der Waals surface area contributed by atoms with Crippen molar-refractivity contribution in [2.24, 2.45) is 5.41 Å². The number of ketones is 1. The lowest BCUT2D eigenvalue weighted by Crippen LogP contribution is -2.60. The van der Waals surface area contributed by atoms with Crippen LogP contribution in [0.2, 0.25) is 0 Å². The van der Waals surface area contributed by atoms with Crippen molar-refractivity contribution in [2.45, 2.75) is 71.2 Å². The van der Waals surface area contributed by atoms with Gasteiger partial charge in [-0.2, -0.15) is 0 Å². The van der Waals surface area contributed by atoms with E-state index in [1.54, 1.807) is 0 Å². The lowest BCUT2D eigenvalue weighted by Gasteiger charge is -2.40. The summed E-state index contributed by atoms with van der Waals surface area (Å²) in [4.78, 5) is 13.0. The van der Waals surface area contributed by atoms with Gasteiger partial charge in [0.25, 0.3) is 0 Å². The highest BCUT2D eigenvalue weighted by molar-refractivity contribution is 6.06. The molecule has 0 radical (unpaired) electrons. The monoisotopic (exact) mass is 410 g/mol. The molecular weight excluding hydrogens is 380 g/mol. The van der Waals surface area contributed by atoms with Gasteiger partial charge in [-0.15, -0.1) is 0 Å². The predicted molar refractivity (Wildman–Crippen MR) is 103 cm³/mol. The molecule has 0 aromatic heterocycles. The van der Waals surface area contributed by atoms with Gasteiger partial charge in [0.15, 0.2) is 5.78 Å². The van der Waals surface area contributed by atoms with Crippen molar-refractivity contribution < 1.29 is 39.8 Å². The molecule has 5 atom stereocenters. The molecule has 1 fully saturated rings. The Hall–Kier alpha value is -1.55. The van der Waals surface area contributed by atoms with Gasteiger partial charge in [-0.3, -0.25) is 4.79 Å². The number of hydrogen-bond donors (Lipinski definition) is 5. The minimum Gasteiger partial charge on any atom is -0.461 e. The Kier molecular flexibility index (Phi) is 6.06. The molecule has 1 aromatic carbocycles. The molecule has 8 heteroatoms. The number of aliphatic hydroxyl groups excluding tert-OH is 5. The summed E-state index contributed by atoms with van der Waals surface area (Å²) < 4.78 is 11.5. The maximum Gasteiger partial charge on any atom is 0.229 e. The van der Waals surface area contributed by atoms with Crippen LogP contribution in [0.4, 0.5) is 0 Å². The average molecular weight is 410 g/mol. The molecule has 3 rings (SSSR count). The van der Waals surface area contributed by atoms with Gasteiger partial charge in [0.2, 0.25) is 6.29 Å². The number of rotatable bonds is 5. The molecule has 0 spiro atoms. The van der Waals surface area contributed by atoms with Crippen molar-refractivity contribution in [1.82, 2.24) is 0 Å². The molecule has 162 valence electrons. The molecule has 0 amide bonds. The standard InChI is InChI=1S/C21H30O8/c1-9-11(5-6-22)10(2)18(12-7-21(3,4)19(27)14(9)12)29-20-17(26)16(25)15(24)13(8-23)28-20/h13,15-17,20,22-26H,5-8H2,1-4H3/t13-,15-,16+,17+,20+/m1/s1. The maximum atomic E-state index is 13.0. The Bertz CT molecular complexity index is 801. The number of carbonyl (C=O) groups is 1. The SMILES string of the molecule is Cc1c(CCO)c(C)c2c(c1O[C@@H]1O[C@H](CO)[C@@H](O)[C@H](O)[C@@H]1O)CC(C)(C)C2=O. The molecule has 0 saturated carbocycles. The number of Topliss-reactive ketones (excluding diaryl/α,β-unsaturated/α-hetero) is 1. The molecule has 1 aliphatic carbocycles. The van der Waals surface area contributed by atoms with Crippen molar-refractivity contribution in [1.29, 1.82) is 0 Å². The van der Waals surface area contributed by atoms with Crippen molar-refractivity contribution in [3.63, 3.8) is 0 Å². The topological polar surface area (TPSA) is 137 Å². The van der Waals surface area contributed by atoms with E-state index in [9.17, 15) is 30.3 Å². The van der Waals surface area contributed by atoms with E-state index in [0.29, 0.717) is 29.7 Å². The van der Waals surface area contributed by atoms with Crippen LogP contribution in [0.15, 0.2) is 0 Å². The molecule has 0 bridgehead atoms. The van der Waals surface area contributed by atoms with E-state index in [0.717, 1.165) is 16.7 Å². The second-order valence-electron chi connectivity index (χ2n) is 8.59. The zero-order valence-corrected chi connectivity index (χ0v) is 17.2. The lowest BCUT2D eigenvalue weighted by atomic mass is 9.88. The average Bonchev–Trinajstić information content (AvgIpc) is 2.91. The Morgan fingerprint density at radius 1 is 1.07 bits per heavy atom. The van der Waals surface area contributed by atoms with Crippen molar-refractivity contribution in [2.75, 3.05) is 13.2 Å². The quantitative estimate of drug-likeness (QED) is 0.450. The highest BCUT2D eigenvalue weighted by Crippen LogP contribution is 2.46. The van der Waals surface area contributed by atoms with E-state index in [4.69, 9.17) is 9.47 Å². The minimum atomic E-state index is -1.56. The van der Waals surface area contributed by atoms with Crippen molar-refractivity contribution in [3.05, 3.63) is 27.8 Å². The largest absolute Gasteiger partial charge is 0.461 e. The molecule has 1 saturated heterocycles. The summed E-state index contributed by atoms with van der Waals surface area (Å²) in [6.45, 7) is 6.72. The second-order valence-corrected chi connectivity index (χ2v) is 8.59. The fourth-order valence-electron chi connectivity index (χ4n) is 4.40. The molecule has 1 aliphatic heterocycles. The first kappa shape index (κ1) is 22.1. The van der Waals surface area contributed by atoms with Gasteiger partial charge < -0.3 is 35.0 Å². The van der Waals surface area contributed by atoms with Crippen molar-refractivity contribution >= 4 is 5.78 Å². The third-order valence-electron chi connectivity index (χ3n) is 6.10. The Labute approximate surface area is 169 Å². The van der Waals surface area contributed by atoms with Gasteiger partial charge in [-0.25, -0.2) is 0 Å². The smallest absolute Gasteiger partial charge is 0.229 e. The summed E-state index contributed by atoms with van der Waals surface area (Å²) in [6, 6.07) is 0. The van der Waals surface area contributed by atoms with E-state index < -0.39 is 42.7 Å². The molecule has 29 heavy (non-hydrogen) atoms. The number of fused-ring (bicyclic) bond motifs is 1. The predicted octanol–water partition coefficient (Wildman–Crippen LogP) is -0.218. The zero-order chi connectivity index (χ0) is 21.7. The normalized spacial score (nSPS) is 31.1. The summed E-state index contributed by atoms with van der Waals surface area (Å²) in [6.07, 6.45) is -6.23. The van der Waals surface area contributed by atoms with Crippen LogP contribution in [0, 0.1) is 19.3 Å². The first-order chi connectivity index (χ1) is 13.5. The van der Waals surface area contributed by atoms with Gasteiger partial charge in [0.1, 0.15) is 30.2 Å². The Balaban J connectivity index is 2.08. The lowest BCUT2D eigenvalue weighted by molar-refractivity contribution is -0.277. The maximum absolute atomic E-state index is 13.0. The number of aliphatic hydroxyl groups is 5. The molecule has 1 heterocycles. The number of ether oxygens (including phenoxy) is 2. The van der Waals surface area contributed by atoms with Gasteiger partial charge in [0.05, 0.1) is 6.61 Å². The molecule has 5 N–H and O–H groups in total. The number of carbonyl (C=O) groups excluding carboxylic acids is 1. The van der Waals surface area contributed by atoms with Crippen LogP contribution < -0.4 is 4.74 Å². The van der Waals surface area contributed by atoms with Crippen LogP contribution in [0.25, 0.3) is 0 Å². The molecule has 2 aliphatic rings. The Morgan fingerprint density at radius 3 is 2.31 bits per heavy atom. The summed E-state index contributed by atoms with van der Waals surface area (Å²) >= 11 is 0. The Morgan fingerprint density at radius 2 is 1.72 bits per heavy atom. The third kappa shape index (κ3) is 3.58. The molecule has 1 aromatic rings. The van der Waals surface area contributed by atoms with E-state index in [2.05, 4.69) is 0 Å². The van der Waals surface area contributed by atoms with Gasteiger partial charge in [-0.1, -0.05) is 13.8 Å². The molecule has 8 nitrogen and oxygen atoms in total. The minimum absolute atomic E-state index is 0.0113. The van der Waals surface area contributed by atoms with Crippen LogP contribution >= 0.6 is 0 Å². The van der Waals surface area contributed by atoms with E-state index in [1.807, 2.05) is 27.7 Å². The van der Waals surface area contributed by atoms with Gasteiger partial charge in [0, 0.05) is 23.1 Å². The fraction of sp³-hybridized carbons (Fsp3) is 0.667. The summed E-state index contributed by atoms with van der Waals surface area (Å²) in [5, 5.41) is 49.3. The fourth-order valence-corrected chi connectivity index (χ4v) is 4.40. The summed E-state index contributed by atoms with van der Waals surface area (Å²) in [7, 11) is 0. The van der Waals surface area contributed by atoms with Crippen LogP contribution in [0.3, 0.4) is 0 Å². The van der Waals surface area contributed by atoms with Crippen LogP contribution in [-0.4, -0.2) is 75.2 Å². The third-order valence-corrected chi connectivity index (χ3v) is 6.10. The molecular formula is C21H30O8. The van der Waals surface area contributed by atoms with Crippen LogP contribution in [-0.2, 0) is 17.6 Å². The highest BCUT2D eigenvalue weighted by atomic mass is 16.7. The molecule has 0 unspecified atom stereocenters. The van der Waals surface area contributed by atoms with Crippen LogP contribution in [0.1, 0.15) is 46.5 Å². The first-order valence-corrected chi connectivity index (χ1v) is 9.82. The number of benzene rings is 1. The first-order valence-electron chi connectivity index (χ1n) is 9.82. The van der Waals surface area contributed by atoms with E-state index in [1.165, 1.54) is 0 Å².